The lowest BCUT2D eigenvalue weighted by molar-refractivity contribution is -0.384. The SMILES string of the molecule is O=C(CN1C(=O)[C@H]2CC=CC[C@@H]2C1=O)NCCNc1ccc([N+](=O)[O-])cc1. The van der Waals surface area contributed by atoms with E-state index in [0.717, 1.165) is 4.90 Å². The molecule has 1 heterocycles. The summed E-state index contributed by atoms with van der Waals surface area (Å²) in [6.07, 6.45) is 4.90. The Morgan fingerprint density at radius 3 is 2.22 bits per heavy atom. The molecule has 1 aliphatic carbocycles. The number of hydrogen-bond acceptors (Lipinski definition) is 6. The van der Waals surface area contributed by atoms with Crippen LogP contribution in [-0.4, -0.2) is 47.2 Å². The van der Waals surface area contributed by atoms with E-state index in [9.17, 15) is 24.5 Å². The molecule has 3 rings (SSSR count). The van der Waals surface area contributed by atoms with Crippen LogP contribution in [-0.2, 0) is 14.4 Å². The van der Waals surface area contributed by atoms with Gasteiger partial charge in [-0.2, -0.15) is 0 Å². The fourth-order valence-electron chi connectivity index (χ4n) is 3.33. The van der Waals surface area contributed by atoms with E-state index in [2.05, 4.69) is 10.6 Å². The van der Waals surface area contributed by atoms with E-state index < -0.39 is 10.8 Å². The quantitative estimate of drug-likeness (QED) is 0.243. The van der Waals surface area contributed by atoms with E-state index in [4.69, 9.17) is 0 Å². The highest BCUT2D eigenvalue weighted by Crippen LogP contribution is 2.34. The van der Waals surface area contributed by atoms with E-state index >= 15 is 0 Å². The molecule has 1 fully saturated rings. The molecule has 0 bridgehead atoms. The fourth-order valence-corrected chi connectivity index (χ4v) is 3.33. The van der Waals surface area contributed by atoms with Crippen molar-refractivity contribution < 1.29 is 19.3 Å². The van der Waals surface area contributed by atoms with Crippen molar-refractivity contribution in [1.82, 2.24) is 10.2 Å². The number of nitro benzene ring substituents is 1. The fraction of sp³-hybridized carbons (Fsp3) is 0.389. The molecule has 0 saturated carbocycles. The van der Waals surface area contributed by atoms with Crippen LogP contribution in [0.5, 0.6) is 0 Å². The Morgan fingerprint density at radius 1 is 1.07 bits per heavy atom. The number of carbonyl (C=O) groups is 3. The van der Waals surface area contributed by atoms with Gasteiger partial charge in [0.1, 0.15) is 6.54 Å². The van der Waals surface area contributed by atoms with Gasteiger partial charge in [-0.3, -0.25) is 29.4 Å². The average molecular weight is 372 g/mol. The largest absolute Gasteiger partial charge is 0.383 e. The zero-order valence-electron chi connectivity index (χ0n) is 14.6. The predicted molar refractivity (Wildman–Crippen MR) is 96.7 cm³/mol. The summed E-state index contributed by atoms with van der Waals surface area (Å²) in [5, 5.41) is 16.3. The van der Waals surface area contributed by atoms with Gasteiger partial charge in [0.25, 0.3) is 5.69 Å². The number of nitrogens with zero attached hydrogens (tertiary/aromatic N) is 2. The number of hydrogen-bond donors (Lipinski definition) is 2. The summed E-state index contributed by atoms with van der Waals surface area (Å²) in [5.41, 5.74) is 0.695. The molecular formula is C18H20N4O5. The molecule has 0 unspecified atom stereocenters. The van der Waals surface area contributed by atoms with Gasteiger partial charge in [-0.1, -0.05) is 12.2 Å². The minimum Gasteiger partial charge on any atom is -0.383 e. The Hall–Kier alpha value is -3.23. The zero-order chi connectivity index (χ0) is 19.4. The van der Waals surface area contributed by atoms with Crippen molar-refractivity contribution in [1.29, 1.82) is 0 Å². The number of rotatable bonds is 7. The second-order valence-electron chi connectivity index (χ2n) is 6.50. The third-order valence-electron chi connectivity index (χ3n) is 4.75. The van der Waals surface area contributed by atoms with Crippen LogP contribution in [0, 0.1) is 22.0 Å². The van der Waals surface area contributed by atoms with Crippen LogP contribution in [0.25, 0.3) is 0 Å². The van der Waals surface area contributed by atoms with Crippen molar-refractivity contribution in [2.45, 2.75) is 12.8 Å². The standard InChI is InChI=1S/C18H20N4O5/c23-16(11-21-17(24)14-3-1-2-4-15(14)18(21)25)20-10-9-19-12-5-7-13(8-6-12)22(26)27/h1-2,5-8,14-15,19H,3-4,9-11H2,(H,20,23)/t14-,15-/m0/s1. The lowest BCUT2D eigenvalue weighted by atomic mass is 9.85. The van der Waals surface area contributed by atoms with Crippen LogP contribution >= 0.6 is 0 Å². The van der Waals surface area contributed by atoms with Crippen LogP contribution in [0.15, 0.2) is 36.4 Å². The van der Waals surface area contributed by atoms with Crippen molar-refractivity contribution in [3.8, 4) is 0 Å². The number of amides is 3. The van der Waals surface area contributed by atoms with Gasteiger partial charge in [0.15, 0.2) is 0 Å². The molecule has 9 nitrogen and oxygen atoms in total. The summed E-state index contributed by atoms with van der Waals surface area (Å²) >= 11 is 0. The predicted octanol–water partition coefficient (Wildman–Crippen LogP) is 1.07. The number of carbonyl (C=O) groups excluding carboxylic acids is 3. The van der Waals surface area contributed by atoms with Crippen molar-refractivity contribution in [3.05, 3.63) is 46.5 Å². The number of nitrogens with one attached hydrogen (secondary N) is 2. The minimum atomic E-state index is -0.475. The number of anilines is 1. The number of benzene rings is 1. The van der Waals surface area contributed by atoms with Gasteiger partial charge in [-0.05, 0) is 25.0 Å². The first-order valence-electron chi connectivity index (χ1n) is 8.72. The van der Waals surface area contributed by atoms with Gasteiger partial charge >= 0.3 is 0 Å². The van der Waals surface area contributed by atoms with Crippen molar-refractivity contribution in [2.24, 2.45) is 11.8 Å². The lowest BCUT2D eigenvalue weighted by Crippen LogP contribution is -2.42. The maximum atomic E-state index is 12.3. The summed E-state index contributed by atoms with van der Waals surface area (Å²) in [7, 11) is 0. The molecule has 2 N–H and O–H groups in total. The molecule has 27 heavy (non-hydrogen) atoms. The topological polar surface area (TPSA) is 122 Å². The van der Waals surface area contributed by atoms with Gasteiger partial charge in [-0.25, -0.2) is 0 Å². The van der Waals surface area contributed by atoms with E-state index in [1.165, 1.54) is 12.1 Å². The van der Waals surface area contributed by atoms with E-state index in [0.29, 0.717) is 31.6 Å². The molecule has 3 amide bonds. The van der Waals surface area contributed by atoms with E-state index in [-0.39, 0.29) is 35.9 Å². The smallest absolute Gasteiger partial charge is 0.269 e. The van der Waals surface area contributed by atoms with Crippen LogP contribution in [0.4, 0.5) is 11.4 Å². The van der Waals surface area contributed by atoms with Gasteiger partial charge in [0.2, 0.25) is 17.7 Å². The molecule has 142 valence electrons. The van der Waals surface area contributed by atoms with E-state index in [1.54, 1.807) is 12.1 Å². The molecule has 2 aliphatic rings. The molecule has 0 aromatic heterocycles. The highest BCUT2D eigenvalue weighted by atomic mass is 16.6. The third kappa shape index (κ3) is 4.13. The molecule has 0 spiro atoms. The molecule has 9 heteroatoms. The molecule has 1 saturated heterocycles. The molecule has 1 aromatic rings. The zero-order valence-corrected chi connectivity index (χ0v) is 14.6. The molecular weight excluding hydrogens is 352 g/mol. The number of imide groups is 1. The summed E-state index contributed by atoms with van der Waals surface area (Å²) in [5.74, 6) is -1.60. The van der Waals surface area contributed by atoms with Crippen LogP contribution in [0.2, 0.25) is 0 Å². The van der Waals surface area contributed by atoms with Crippen LogP contribution < -0.4 is 10.6 Å². The summed E-state index contributed by atoms with van der Waals surface area (Å²) < 4.78 is 0. The Morgan fingerprint density at radius 2 is 1.67 bits per heavy atom. The maximum absolute atomic E-state index is 12.3. The normalized spacial score (nSPS) is 21.1. The Labute approximate surface area is 155 Å². The highest BCUT2D eigenvalue weighted by Gasteiger charge is 2.47. The second kappa shape index (κ2) is 7.98. The Kier molecular flexibility index (Phi) is 5.49. The number of allylic oxidation sites excluding steroid dienone is 2. The van der Waals surface area contributed by atoms with Crippen LogP contribution in [0.3, 0.4) is 0 Å². The summed E-state index contributed by atoms with van der Waals surface area (Å²) in [4.78, 5) is 47.8. The van der Waals surface area contributed by atoms with Gasteiger partial charge in [0, 0.05) is 30.9 Å². The Bertz CT molecular complexity index is 763. The van der Waals surface area contributed by atoms with Gasteiger partial charge in [-0.15, -0.1) is 0 Å². The minimum absolute atomic E-state index is 0.00423. The molecule has 0 radical (unpaired) electrons. The average Bonchev–Trinajstić information content (AvgIpc) is 2.91. The van der Waals surface area contributed by atoms with Gasteiger partial charge in [0.05, 0.1) is 16.8 Å². The third-order valence-corrected chi connectivity index (χ3v) is 4.75. The monoisotopic (exact) mass is 372 g/mol. The first-order chi connectivity index (χ1) is 13.0. The first-order valence-corrected chi connectivity index (χ1v) is 8.72. The number of likely N-dealkylation sites (tertiary alicyclic amines) is 1. The number of fused-ring (bicyclic) bond motifs is 1. The summed E-state index contributed by atoms with van der Waals surface area (Å²) in [6.45, 7) is 0.434. The highest BCUT2D eigenvalue weighted by molar-refractivity contribution is 6.07. The van der Waals surface area contributed by atoms with Crippen molar-refractivity contribution in [3.63, 3.8) is 0 Å². The second-order valence-corrected chi connectivity index (χ2v) is 6.50. The van der Waals surface area contributed by atoms with Crippen molar-refractivity contribution >= 4 is 29.1 Å². The first kappa shape index (κ1) is 18.6. The molecule has 1 aliphatic heterocycles. The summed E-state index contributed by atoms with van der Waals surface area (Å²) in [6, 6.07) is 5.94. The van der Waals surface area contributed by atoms with Gasteiger partial charge < -0.3 is 10.6 Å². The molecule has 1 aromatic carbocycles. The number of nitro groups is 1. The number of non-ortho nitro benzene ring substituents is 1. The molecule has 2 atom stereocenters. The van der Waals surface area contributed by atoms with E-state index in [1.807, 2.05) is 12.2 Å². The van der Waals surface area contributed by atoms with Crippen LogP contribution in [0.1, 0.15) is 12.8 Å². The lowest BCUT2D eigenvalue weighted by Gasteiger charge is -2.14. The van der Waals surface area contributed by atoms with Crippen molar-refractivity contribution in [2.75, 3.05) is 25.0 Å². The Balaban J connectivity index is 1.41. The maximum Gasteiger partial charge on any atom is 0.269 e.